The Morgan fingerprint density at radius 3 is 2.59 bits per heavy atom. The van der Waals surface area contributed by atoms with Gasteiger partial charge >= 0.3 is 7.40 Å². The van der Waals surface area contributed by atoms with Crippen LogP contribution < -0.4 is 4.74 Å². The summed E-state index contributed by atoms with van der Waals surface area (Å²) in [5.74, 6) is 0.805. The molecule has 0 N–H and O–H groups in total. The van der Waals surface area contributed by atoms with E-state index in [4.69, 9.17) is 4.74 Å². The highest BCUT2D eigenvalue weighted by Gasteiger charge is 2.24. The molecule has 0 bridgehead atoms. The second-order valence-corrected chi connectivity index (χ2v) is 6.24. The van der Waals surface area contributed by atoms with Gasteiger partial charge in [0.1, 0.15) is 5.75 Å². The summed E-state index contributed by atoms with van der Waals surface area (Å²) in [5.41, 5.74) is 3.28. The van der Waals surface area contributed by atoms with Crippen molar-refractivity contribution >= 4 is 31.8 Å². The Balaban J connectivity index is 1.86. The van der Waals surface area contributed by atoms with Crippen LogP contribution in [0.25, 0.3) is 18.2 Å². The van der Waals surface area contributed by atoms with Crippen molar-refractivity contribution in [3.8, 4) is 5.75 Å². The van der Waals surface area contributed by atoms with Crippen molar-refractivity contribution < 1.29 is 13.4 Å². The highest BCUT2D eigenvalue weighted by Crippen LogP contribution is 2.24. The number of halogens is 2. The van der Waals surface area contributed by atoms with Crippen LogP contribution in [-0.4, -0.2) is 24.7 Å². The third-order valence-corrected chi connectivity index (χ3v) is 4.16. The van der Waals surface area contributed by atoms with Crippen molar-refractivity contribution in [2.24, 2.45) is 4.99 Å². The fourth-order valence-corrected chi connectivity index (χ4v) is 2.84. The Bertz CT molecular complexity index is 895. The van der Waals surface area contributed by atoms with Gasteiger partial charge in [-0.3, -0.25) is 13.6 Å². The van der Waals surface area contributed by atoms with Gasteiger partial charge in [-0.2, -0.15) is 0 Å². The predicted molar refractivity (Wildman–Crippen MR) is 109 cm³/mol. The van der Waals surface area contributed by atoms with Crippen LogP contribution in [0.15, 0.2) is 53.2 Å². The Morgan fingerprint density at radius 2 is 1.96 bits per heavy atom. The van der Waals surface area contributed by atoms with Crippen LogP contribution >= 0.6 is 0 Å². The van der Waals surface area contributed by atoms with Gasteiger partial charge in [0.2, 0.25) is 0 Å². The number of hydrogen-bond acceptors (Lipinski definition) is 2. The third-order valence-electron chi connectivity index (χ3n) is 4.16. The van der Waals surface area contributed by atoms with Crippen molar-refractivity contribution in [3.63, 3.8) is 0 Å². The number of aliphatic imine (C=N–C) groups is 1. The minimum Gasteiger partial charge on any atom is -0.494 e. The second kappa shape index (κ2) is 8.67. The van der Waals surface area contributed by atoms with E-state index >= 15 is 0 Å². The van der Waals surface area contributed by atoms with Crippen LogP contribution in [0.4, 0.5) is 8.63 Å². The lowest BCUT2D eigenvalue weighted by Gasteiger charge is -2.07. The maximum atomic E-state index is 13.7. The number of hydrogen-bond donors (Lipinski definition) is 0. The van der Waals surface area contributed by atoms with Gasteiger partial charge < -0.3 is 9.21 Å². The zero-order valence-electron chi connectivity index (χ0n) is 15.4. The maximum Gasteiger partial charge on any atom is 0.678 e. The van der Waals surface area contributed by atoms with Crippen LogP contribution in [0, 0.1) is 6.92 Å². The average molecular weight is 366 g/mol. The van der Waals surface area contributed by atoms with E-state index in [2.05, 4.69) is 11.9 Å². The van der Waals surface area contributed by atoms with Crippen molar-refractivity contribution in [1.82, 2.24) is 4.48 Å². The lowest BCUT2D eigenvalue weighted by molar-refractivity contribution is 0.317. The first-order valence-corrected chi connectivity index (χ1v) is 8.92. The molecular weight excluding hydrogens is 345 g/mol. The van der Waals surface area contributed by atoms with Crippen LogP contribution in [0.1, 0.15) is 35.9 Å². The fourth-order valence-electron chi connectivity index (χ4n) is 2.84. The molecule has 0 spiro atoms. The lowest BCUT2D eigenvalue weighted by Crippen LogP contribution is -2.16. The molecule has 1 aromatic carbocycles. The third kappa shape index (κ3) is 4.64. The number of ether oxygens (including phenoxy) is 1. The first-order chi connectivity index (χ1) is 13.1. The number of rotatable bonds is 7. The van der Waals surface area contributed by atoms with Crippen molar-refractivity contribution in [2.45, 2.75) is 20.3 Å². The van der Waals surface area contributed by atoms with E-state index in [1.54, 1.807) is 36.6 Å². The van der Waals surface area contributed by atoms with Crippen molar-refractivity contribution in [3.05, 3.63) is 70.7 Å². The van der Waals surface area contributed by atoms with Gasteiger partial charge in [-0.1, -0.05) is 25.1 Å². The number of nitrogens with zero attached hydrogens (tertiary/aromatic N) is 2. The molecule has 2 aromatic rings. The summed E-state index contributed by atoms with van der Waals surface area (Å²) in [5, 5.41) is 0. The standard InChI is InChI=1S/C21H21BF2N2O/c1-3-13-27-20-10-7-17(8-11-20)6-9-19-14-16(2)21(26(19)22(23)24)15-18-5-4-12-25-18/h4-12,14-15H,3,13H2,1-2H3. The molecule has 0 radical (unpaired) electrons. The number of benzene rings is 1. The first kappa shape index (κ1) is 18.9. The van der Waals surface area contributed by atoms with E-state index < -0.39 is 7.40 Å². The van der Waals surface area contributed by atoms with Gasteiger partial charge in [0.05, 0.1) is 12.3 Å². The number of aromatic nitrogens is 1. The fraction of sp³-hybridized carbons (Fsp3) is 0.190. The Hall–Kier alpha value is -2.89. The van der Waals surface area contributed by atoms with Gasteiger partial charge in [0.25, 0.3) is 0 Å². The van der Waals surface area contributed by atoms with Crippen molar-refractivity contribution in [1.29, 1.82) is 0 Å². The molecule has 0 amide bonds. The predicted octanol–water partition coefficient (Wildman–Crippen LogP) is 5.51. The van der Waals surface area contributed by atoms with Crippen LogP contribution in [0.2, 0.25) is 0 Å². The SMILES string of the molecule is CCCOc1ccc(C=Cc2cc(C)c(C=C3C=CC=N3)n2B(F)F)cc1. The normalized spacial score (nSPS) is 14.6. The first-order valence-electron chi connectivity index (χ1n) is 8.92. The van der Waals surface area contributed by atoms with Crippen LogP contribution in [0.5, 0.6) is 5.75 Å². The van der Waals surface area contributed by atoms with Gasteiger partial charge in [0, 0.05) is 17.6 Å². The molecular formula is C21H21BF2N2O. The molecule has 1 aliphatic rings. The molecule has 2 heterocycles. The van der Waals surface area contributed by atoms with E-state index in [1.807, 2.05) is 37.3 Å². The summed E-state index contributed by atoms with van der Waals surface area (Å²) in [6, 6.07) is 9.34. The molecule has 0 fully saturated rings. The lowest BCUT2D eigenvalue weighted by atomic mass is 10.1. The average Bonchev–Trinajstić information content (AvgIpc) is 3.27. The van der Waals surface area contributed by atoms with Crippen LogP contribution in [0.3, 0.4) is 0 Å². The molecule has 0 saturated heterocycles. The topological polar surface area (TPSA) is 26.5 Å². The summed E-state index contributed by atoms with van der Waals surface area (Å²) in [6.07, 6.45) is 11.4. The summed E-state index contributed by atoms with van der Waals surface area (Å²) in [7, 11) is -2.63. The van der Waals surface area contributed by atoms with E-state index in [0.29, 0.717) is 23.7 Å². The molecule has 3 nitrogen and oxygen atoms in total. The Labute approximate surface area is 158 Å². The van der Waals surface area contributed by atoms with Gasteiger partial charge in [-0.05, 0) is 67.0 Å². The molecule has 1 aliphatic heterocycles. The zero-order chi connectivity index (χ0) is 19.2. The molecule has 27 heavy (non-hydrogen) atoms. The second-order valence-electron chi connectivity index (χ2n) is 6.24. The molecule has 0 saturated carbocycles. The summed E-state index contributed by atoms with van der Waals surface area (Å²) >= 11 is 0. The monoisotopic (exact) mass is 366 g/mol. The molecule has 3 rings (SSSR count). The summed E-state index contributed by atoms with van der Waals surface area (Å²) in [4.78, 5) is 4.14. The van der Waals surface area contributed by atoms with Gasteiger partial charge in [-0.25, -0.2) is 0 Å². The number of aryl methyl sites for hydroxylation is 1. The van der Waals surface area contributed by atoms with E-state index in [1.165, 1.54) is 0 Å². The minimum atomic E-state index is -2.63. The molecule has 0 atom stereocenters. The van der Waals surface area contributed by atoms with E-state index in [9.17, 15) is 8.63 Å². The zero-order valence-corrected chi connectivity index (χ0v) is 15.4. The largest absolute Gasteiger partial charge is 0.678 e. The maximum absolute atomic E-state index is 13.7. The van der Waals surface area contributed by atoms with Gasteiger partial charge in [-0.15, -0.1) is 0 Å². The van der Waals surface area contributed by atoms with E-state index in [-0.39, 0.29) is 0 Å². The minimum absolute atomic E-state index is 0.451. The molecule has 0 aliphatic carbocycles. The van der Waals surface area contributed by atoms with Crippen molar-refractivity contribution in [2.75, 3.05) is 6.61 Å². The smallest absolute Gasteiger partial charge is 0.494 e. The highest BCUT2D eigenvalue weighted by atomic mass is 19.2. The van der Waals surface area contributed by atoms with Gasteiger partial charge in [0.15, 0.2) is 0 Å². The molecule has 1 aromatic heterocycles. The molecule has 138 valence electrons. The summed E-state index contributed by atoms with van der Waals surface area (Å²) < 4.78 is 34.0. The van der Waals surface area contributed by atoms with Crippen LogP contribution in [-0.2, 0) is 0 Å². The Morgan fingerprint density at radius 1 is 1.19 bits per heavy atom. The molecule has 6 heteroatoms. The Kier molecular flexibility index (Phi) is 6.06. The molecule has 0 unspecified atom stereocenters. The highest BCUT2D eigenvalue weighted by molar-refractivity contribution is 6.41. The quantitative estimate of drug-likeness (QED) is 0.594. The summed E-state index contributed by atoms with van der Waals surface area (Å²) in [6.45, 7) is 4.55. The number of allylic oxidation sites excluding steroid dienone is 2. The van der Waals surface area contributed by atoms with E-state index in [0.717, 1.165) is 27.8 Å².